The number of nitrogens with zero attached hydrogens (tertiary/aromatic N) is 5. The first-order valence-electron chi connectivity index (χ1n) is 10.8. The Morgan fingerprint density at radius 2 is 1.70 bits per heavy atom. The van der Waals surface area contributed by atoms with Gasteiger partial charge in [-0.2, -0.15) is 0 Å². The van der Waals surface area contributed by atoms with Gasteiger partial charge in [0.05, 0.1) is 9.95 Å². The van der Waals surface area contributed by atoms with Crippen LogP contribution in [-0.2, 0) is 6.61 Å². The van der Waals surface area contributed by atoms with Crippen molar-refractivity contribution in [3.63, 3.8) is 0 Å². The summed E-state index contributed by atoms with van der Waals surface area (Å²) in [5.74, 6) is 1.01. The zero-order valence-corrected chi connectivity index (χ0v) is 21.6. The zero-order valence-electron chi connectivity index (χ0n) is 19.3. The van der Waals surface area contributed by atoms with E-state index in [0.717, 1.165) is 11.3 Å². The van der Waals surface area contributed by atoms with Crippen molar-refractivity contribution in [1.82, 2.24) is 14.8 Å². The van der Waals surface area contributed by atoms with E-state index in [1.54, 1.807) is 54.0 Å². The molecular weight excluding hydrogens is 541 g/mol. The maximum Gasteiger partial charge on any atom is 0.269 e. The first kappa shape index (κ1) is 26.4. The van der Waals surface area contributed by atoms with Gasteiger partial charge in [-0.1, -0.05) is 41.0 Å². The van der Waals surface area contributed by atoms with Crippen molar-refractivity contribution in [2.24, 2.45) is 0 Å². The molecule has 190 valence electrons. The van der Waals surface area contributed by atoms with Crippen LogP contribution in [-0.4, -0.2) is 31.2 Å². The normalized spacial score (nSPS) is 11.8. The van der Waals surface area contributed by atoms with Gasteiger partial charge in [0.15, 0.2) is 5.16 Å². The predicted octanol–water partition coefficient (Wildman–Crippen LogP) is 6.48. The van der Waals surface area contributed by atoms with E-state index >= 15 is 0 Å². The Kier molecular flexibility index (Phi) is 8.27. The molecule has 0 bridgehead atoms. The summed E-state index contributed by atoms with van der Waals surface area (Å²) >= 11 is 13.7. The maximum absolute atomic E-state index is 11.5. The second-order valence-electron chi connectivity index (χ2n) is 7.87. The molecule has 4 rings (SSSR count). The van der Waals surface area contributed by atoms with E-state index in [0.29, 0.717) is 27.3 Å². The highest BCUT2D eigenvalue weighted by atomic mass is 35.5. The van der Waals surface area contributed by atoms with Crippen molar-refractivity contribution >= 4 is 40.7 Å². The van der Waals surface area contributed by atoms with Gasteiger partial charge in [-0.15, -0.1) is 10.2 Å². The lowest BCUT2D eigenvalue weighted by atomic mass is 10.1. The second-order valence-corrected chi connectivity index (χ2v) is 9.88. The zero-order chi connectivity index (χ0) is 26.5. The number of aromatic nitrogens is 3. The van der Waals surface area contributed by atoms with Crippen LogP contribution in [0.4, 0.5) is 5.69 Å². The van der Waals surface area contributed by atoms with Gasteiger partial charge in [0.2, 0.25) is 6.54 Å². The summed E-state index contributed by atoms with van der Waals surface area (Å²) < 4.78 is 7.57. The molecule has 0 saturated carbocycles. The van der Waals surface area contributed by atoms with E-state index < -0.39 is 10.2 Å². The summed E-state index contributed by atoms with van der Waals surface area (Å²) in [6, 6.07) is 18.1. The fourth-order valence-corrected chi connectivity index (χ4v) is 5.02. The van der Waals surface area contributed by atoms with Crippen molar-refractivity contribution < 1.29 is 14.6 Å². The van der Waals surface area contributed by atoms with Crippen LogP contribution in [0.15, 0.2) is 71.9 Å². The molecule has 1 atom stereocenters. The van der Waals surface area contributed by atoms with Crippen molar-refractivity contribution in [2.45, 2.75) is 23.9 Å². The third-order valence-electron chi connectivity index (χ3n) is 5.31. The fourth-order valence-electron chi connectivity index (χ4n) is 3.49. The van der Waals surface area contributed by atoms with Gasteiger partial charge < -0.3 is 4.74 Å². The van der Waals surface area contributed by atoms with E-state index in [1.807, 2.05) is 12.1 Å². The quantitative estimate of drug-likeness (QED) is 0.123. The van der Waals surface area contributed by atoms with Gasteiger partial charge in [-0.3, -0.25) is 24.8 Å². The van der Waals surface area contributed by atoms with E-state index in [4.69, 9.17) is 27.9 Å². The Labute approximate surface area is 225 Å². The van der Waals surface area contributed by atoms with Crippen molar-refractivity contribution in [3.8, 4) is 11.4 Å². The van der Waals surface area contributed by atoms with Crippen molar-refractivity contribution in [1.29, 1.82) is 0 Å². The van der Waals surface area contributed by atoms with Gasteiger partial charge in [-0.05, 0) is 66.6 Å². The summed E-state index contributed by atoms with van der Waals surface area (Å²) in [5.41, 5.74) is 2.12. The molecular formula is C24H19Cl2N5O5S. The maximum atomic E-state index is 11.5. The summed E-state index contributed by atoms with van der Waals surface area (Å²) in [6.07, 6.45) is 0. The molecule has 0 amide bonds. The highest BCUT2D eigenvalue weighted by molar-refractivity contribution is 7.99. The number of thioether (sulfide) groups is 1. The largest absolute Gasteiger partial charge is 0.487 e. The summed E-state index contributed by atoms with van der Waals surface area (Å²) in [4.78, 5) is 21.4. The third kappa shape index (κ3) is 6.56. The molecule has 0 radical (unpaired) electrons. The van der Waals surface area contributed by atoms with Crippen LogP contribution in [0.5, 0.6) is 5.75 Å². The monoisotopic (exact) mass is 559 g/mol. The number of nitro groups is 2. The SMILES string of the molecule is Cc1nnc(S[C@H](C[N+](=O)[O-])c2ccc(OCc3ccc([N+](=O)[O-])cc3)c(Cl)c2)n1-c1ccc(Cl)cc1. The standard InChI is InChI=1S/C24H19Cl2N5O5S/c1-15-27-28-24(30(15)19-9-5-18(25)6-10-19)37-23(13-29(32)33)17-4-11-22(21(26)12-17)36-14-16-2-7-20(8-3-16)31(34)35/h2-12,23H,13-14H2,1H3/t23-/m1/s1. The number of aryl methyl sites for hydroxylation is 1. The van der Waals surface area contributed by atoms with E-state index in [1.165, 1.54) is 23.9 Å². The number of rotatable bonds is 10. The van der Waals surface area contributed by atoms with E-state index in [-0.39, 0.29) is 28.8 Å². The van der Waals surface area contributed by atoms with Crippen molar-refractivity contribution in [3.05, 3.63) is 114 Å². The minimum Gasteiger partial charge on any atom is -0.487 e. The highest BCUT2D eigenvalue weighted by Crippen LogP contribution is 2.39. The Bertz CT molecular complexity index is 1430. The van der Waals surface area contributed by atoms with Gasteiger partial charge in [0.25, 0.3) is 5.69 Å². The molecule has 4 aromatic rings. The van der Waals surface area contributed by atoms with Crippen LogP contribution < -0.4 is 4.74 Å². The molecule has 0 saturated heterocycles. The minimum absolute atomic E-state index is 0.0115. The number of hydrogen-bond acceptors (Lipinski definition) is 8. The smallest absolute Gasteiger partial charge is 0.269 e. The van der Waals surface area contributed by atoms with E-state index in [9.17, 15) is 20.2 Å². The molecule has 10 nitrogen and oxygen atoms in total. The molecule has 3 aromatic carbocycles. The molecule has 0 spiro atoms. The number of benzene rings is 3. The van der Waals surface area contributed by atoms with Crippen LogP contribution in [0.25, 0.3) is 5.69 Å². The molecule has 0 aliphatic heterocycles. The Morgan fingerprint density at radius 1 is 1.00 bits per heavy atom. The number of ether oxygens (including phenoxy) is 1. The summed E-state index contributed by atoms with van der Waals surface area (Å²) in [5, 5.41) is 31.4. The Hall–Kier alpha value is -3.67. The Balaban J connectivity index is 1.54. The fraction of sp³-hybridized carbons (Fsp3) is 0.167. The van der Waals surface area contributed by atoms with Crippen LogP contribution in [0.3, 0.4) is 0 Å². The molecule has 1 aromatic heterocycles. The van der Waals surface area contributed by atoms with E-state index in [2.05, 4.69) is 10.2 Å². The molecule has 37 heavy (non-hydrogen) atoms. The number of nitro benzene ring substituents is 1. The number of halogens is 2. The first-order valence-corrected chi connectivity index (χ1v) is 12.5. The van der Waals surface area contributed by atoms with Gasteiger partial charge >= 0.3 is 0 Å². The van der Waals surface area contributed by atoms with Crippen LogP contribution in [0.1, 0.15) is 22.2 Å². The van der Waals surface area contributed by atoms with Gasteiger partial charge in [-0.25, -0.2) is 0 Å². The lowest BCUT2D eigenvalue weighted by Gasteiger charge is -2.16. The topological polar surface area (TPSA) is 126 Å². The Morgan fingerprint density at radius 3 is 2.32 bits per heavy atom. The minimum atomic E-state index is -0.606. The molecule has 13 heteroatoms. The first-order chi connectivity index (χ1) is 17.7. The molecule has 0 fully saturated rings. The molecule has 0 aliphatic carbocycles. The predicted molar refractivity (Wildman–Crippen MR) is 140 cm³/mol. The molecule has 1 heterocycles. The van der Waals surface area contributed by atoms with Gasteiger partial charge in [0, 0.05) is 27.8 Å². The summed E-state index contributed by atoms with van der Waals surface area (Å²) in [7, 11) is 0. The van der Waals surface area contributed by atoms with Crippen LogP contribution >= 0.6 is 35.0 Å². The summed E-state index contributed by atoms with van der Waals surface area (Å²) in [6.45, 7) is 1.58. The average Bonchev–Trinajstić information content (AvgIpc) is 3.23. The lowest BCUT2D eigenvalue weighted by molar-refractivity contribution is -0.479. The van der Waals surface area contributed by atoms with Crippen molar-refractivity contribution in [2.75, 3.05) is 6.54 Å². The number of non-ortho nitro benzene ring substituents is 1. The van der Waals surface area contributed by atoms with Crippen LogP contribution in [0, 0.1) is 27.2 Å². The molecule has 0 aliphatic rings. The number of hydrogen-bond donors (Lipinski definition) is 0. The average molecular weight is 560 g/mol. The third-order valence-corrected chi connectivity index (χ3v) is 7.04. The second kappa shape index (κ2) is 11.6. The molecule has 0 N–H and O–H groups in total. The lowest BCUT2D eigenvalue weighted by Crippen LogP contribution is -2.11. The van der Waals surface area contributed by atoms with Crippen LogP contribution in [0.2, 0.25) is 10.0 Å². The highest BCUT2D eigenvalue weighted by Gasteiger charge is 2.24. The molecule has 0 unspecified atom stereocenters. The van der Waals surface area contributed by atoms with Gasteiger partial charge in [0.1, 0.15) is 23.4 Å².